The van der Waals surface area contributed by atoms with Gasteiger partial charge in [-0.25, -0.2) is 8.78 Å². The van der Waals surface area contributed by atoms with Crippen molar-refractivity contribution >= 4 is 33.9 Å². The Morgan fingerprint density at radius 1 is 1.15 bits per heavy atom. The van der Waals surface area contributed by atoms with Gasteiger partial charge in [-0.3, -0.25) is 0 Å². The van der Waals surface area contributed by atoms with E-state index in [1.165, 1.54) is 0 Å². The van der Waals surface area contributed by atoms with Crippen LogP contribution in [0.5, 0.6) is 6.01 Å². The molecule has 41 heavy (non-hydrogen) atoms. The fraction of sp³-hybridized carbons (Fsp3) is 0.533. The number of ether oxygens (including phenoxy) is 1. The summed E-state index contributed by atoms with van der Waals surface area (Å²) < 4.78 is 34.0. The maximum Gasteiger partial charge on any atom is 0.318 e. The van der Waals surface area contributed by atoms with E-state index in [0.717, 1.165) is 59.5 Å². The number of likely N-dealkylation sites (tertiary alicyclic amines) is 1. The summed E-state index contributed by atoms with van der Waals surface area (Å²) in [7, 11) is 2.11. The van der Waals surface area contributed by atoms with Crippen LogP contribution in [0.2, 0.25) is 5.02 Å². The zero-order chi connectivity index (χ0) is 28.3. The molecule has 3 aromatic rings. The number of hydrogen-bond donors (Lipinski definition) is 2. The molecule has 2 N–H and O–H groups in total. The smallest absolute Gasteiger partial charge is 0.318 e. The first-order valence-electron chi connectivity index (χ1n) is 14.5. The Bertz CT molecular complexity index is 1460. The van der Waals surface area contributed by atoms with Crippen molar-refractivity contribution in [3.8, 4) is 6.01 Å². The van der Waals surface area contributed by atoms with E-state index in [1.807, 2.05) is 23.1 Å². The zero-order valence-corrected chi connectivity index (χ0v) is 23.8. The number of rotatable bonds is 6. The molecular weight excluding hydrogens is 550 g/mol. The summed E-state index contributed by atoms with van der Waals surface area (Å²) in [4.78, 5) is 16.4. The van der Waals surface area contributed by atoms with Gasteiger partial charge in [0.05, 0.1) is 23.3 Å². The number of nitrogens with one attached hydrogen (secondary N) is 1. The summed E-state index contributed by atoms with van der Waals surface area (Å²) >= 11 is 6.66. The molecule has 2 aromatic carbocycles. The molecule has 1 aromatic heterocycles. The molecule has 3 unspecified atom stereocenters. The second-order valence-electron chi connectivity index (χ2n) is 11.9. The van der Waals surface area contributed by atoms with Crippen molar-refractivity contribution in [2.45, 2.75) is 62.4 Å². The molecule has 5 heterocycles. The minimum atomic E-state index is -2.81. The summed E-state index contributed by atoms with van der Waals surface area (Å²) in [6.45, 7) is 3.56. The van der Waals surface area contributed by atoms with Crippen molar-refractivity contribution in [3.05, 3.63) is 52.7 Å². The fourth-order valence-corrected chi connectivity index (χ4v) is 7.43. The van der Waals surface area contributed by atoms with Gasteiger partial charge in [0.1, 0.15) is 18.0 Å². The minimum absolute atomic E-state index is 0.0199. The fourth-order valence-electron chi connectivity index (χ4n) is 7.15. The lowest BCUT2D eigenvalue weighted by molar-refractivity contribution is -0.0999. The van der Waals surface area contributed by atoms with E-state index in [4.69, 9.17) is 26.3 Å². The van der Waals surface area contributed by atoms with Crippen LogP contribution in [0.3, 0.4) is 0 Å². The third-order valence-electron chi connectivity index (χ3n) is 9.41. The Hall–Kier alpha value is -2.79. The number of piperazine rings is 1. The molecule has 7 rings (SSSR count). The van der Waals surface area contributed by atoms with Crippen LogP contribution < -0.4 is 19.9 Å². The first kappa shape index (κ1) is 27.1. The molecule has 4 atom stereocenters. The van der Waals surface area contributed by atoms with Crippen LogP contribution in [-0.4, -0.2) is 90.0 Å². The van der Waals surface area contributed by atoms with Crippen LogP contribution in [0, 0.1) is 0 Å². The number of hydrogen-bond acceptors (Lipinski definition) is 8. The quantitative estimate of drug-likeness (QED) is 0.452. The first-order valence-corrected chi connectivity index (χ1v) is 14.8. The number of likely N-dealkylation sites (N-methyl/N-ethyl adjacent to an activating group) is 1. The van der Waals surface area contributed by atoms with Crippen LogP contribution >= 0.6 is 11.6 Å². The number of anilines is 2. The van der Waals surface area contributed by atoms with Crippen molar-refractivity contribution < 1.29 is 18.6 Å². The van der Waals surface area contributed by atoms with Gasteiger partial charge in [0.2, 0.25) is 0 Å². The Morgan fingerprint density at radius 2 is 1.98 bits per heavy atom. The highest BCUT2D eigenvalue weighted by Gasteiger charge is 2.55. The van der Waals surface area contributed by atoms with E-state index < -0.39 is 18.1 Å². The van der Waals surface area contributed by atoms with E-state index in [0.29, 0.717) is 43.2 Å². The standard InChI is InChI=1S/C30H35ClF2N6O2/c1-37-11-4-7-20(37)17-41-29-35-23-15-38(24-9-3-6-18-5-2-8-22(31)26(18)24)12-10-21(23)27(36-29)39-14-19-13-30(40,28(32)33)25(16-39)34-19/h2-3,5-6,8-9,19-20,25,28,34,40H,4,7,10-17H2,1H3/t19?,20-,25?,30?/m0/s1. The number of halogens is 3. The first-order chi connectivity index (χ1) is 19.8. The van der Waals surface area contributed by atoms with E-state index in [9.17, 15) is 13.9 Å². The molecule has 2 bridgehead atoms. The Morgan fingerprint density at radius 3 is 2.76 bits per heavy atom. The van der Waals surface area contributed by atoms with E-state index in [-0.39, 0.29) is 19.0 Å². The average molecular weight is 585 g/mol. The molecule has 4 aliphatic heterocycles. The van der Waals surface area contributed by atoms with Gasteiger partial charge >= 0.3 is 6.01 Å². The number of benzene rings is 2. The van der Waals surface area contributed by atoms with Gasteiger partial charge in [-0.2, -0.15) is 9.97 Å². The Labute approximate surface area is 243 Å². The lowest BCUT2D eigenvalue weighted by Crippen LogP contribution is -2.58. The normalized spacial score (nSPS) is 28.1. The number of aromatic nitrogens is 2. The molecule has 3 saturated heterocycles. The third kappa shape index (κ3) is 4.78. The van der Waals surface area contributed by atoms with Crippen molar-refractivity contribution in [1.29, 1.82) is 0 Å². The zero-order valence-electron chi connectivity index (χ0n) is 23.1. The number of aliphatic hydroxyl groups is 1. The largest absolute Gasteiger partial charge is 0.462 e. The Kier molecular flexibility index (Phi) is 6.92. The van der Waals surface area contributed by atoms with E-state index in [2.05, 4.69) is 40.4 Å². The second-order valence-corrected chi connectivity index (χ2v) is 12.4. The van der Waals surface area contributed by atoms with Crippen molar-refractivity contribution in [2.75, 3.05) is 49.6 Å². The van der Waals surface area contributed by atoms with Gasteiger partial charge in [0, 0.05) is 54.8 Å². The third-order valence-corrected chi connectivity index (χ3v) is 9.72. The highest BCUT2D eigenvalue weighted by molar-refractivity contribution is 6.36. The highest BCUT2D eigenvalue weighted by Crippen LogP contribution is 2.40. The topological polar surface area (TPSA) is 77.0 Å². The summed E-state index contributed by atoms with van der Waals surface area (Å²) in [6, 6.07) is 11.8. The van der Waals surface area contributed by atoms with Gasteiger partial charge < -0.3 is 29.9 Å². The lowest BCUT2D eigenvalue weighted by Gasteiger charge is -2.39. The SMILES string of the molecule is CN1CCC[C@H]1COc1nc2c(c(N3CC4CC(O)(C(F)F)C(C3)N4)n1)CCN(c1cccc3cccc(Cl)c13)C2. The van der Waals surface area contributed by atoms with Gasteiger partial charge in [-0.05, 0) is 50.4 Å². The van der Waals surface area contributed by atoms with Crippen LogP contribution in [0.15, 0.2) is 36.4 Å². The maximum atomic E-state index is 13.9. The van der Waals surface area contributed by atoms with Gasteiger partial charge in [0.15, 0.2) is 0 Å². The van der Waals surface area contributed by atoms with Crippen molar-refractivity contribution in [1.82, 2.24) is 20.2 Å². The lowest BCUT2D eigenvalue weighted by atomic mass is 9.95. The van der Waals surface area contributed by atoms with Crippen LogP contribution in [0.1, 0.15) is 30.5 Å². The van der Waals surface area contributed by atoms with Gasteiger partial charge in [-0.1, -0.05) is 35.9 Å². The summed E-state index contributed by atoms with van der Waals surface area (Å²) in [5, 5.41) is 16.8. The van der Waals surface area contributed by atoms with Gasteiger partial charge in [0.25, 0.3) is 6.43 Å². The highest BCUT2D eigenvalue weighted by atomic mass is 35.5. The molecule has 8 nitrogen and oxygen atoms in total. The predicted molar refractivity (Wildman–Crippen MR) is 155 cm³/mol. The maximum absolute atomic E-state index is 13.9. The summed E-state index contributed by atoms with van der Waals surface area (Å²) in [5.41, 5.74) is 0.898. The van der Waals surface area contributed by atoms with E-state index in [1.54, 1.807) is 0 Å². The molecule has 0 spiro atoms. The molecule has 0 amide bonds. The van der Waals surface area contributed by atoms with Crippen LogP contribution in [0.4, 0.5) is 20.3 Å². The Balaban J connectivity index is 1.23. The molecular formula is C30H35ClF2N6O2. The van der Waals surface area contributed by atoms with E-state index >= 15 is 0 Å². The average Bonchev–Trinajstić information content (AvgIpc) is 3.49. The summed E-state index contributed by atoms with van der Waals surface area (Å²) in [5.74, 6) is 0.732. The molecule has 218 valence electrons. The van der Waals surface area contributed by atoms with Gasteiger partial charge in [-0.15, -0.1) is 0 Å². The predicted octanol–water partition coefficient (Wildman–Crippen LogP) is 3.87. The molecule has 11 heteroatoms. The van der Waals surface area contributed by atoms with Crippen molar-refractivity contribution in [3.63, 3.8) is 0 Å². The van der Waals surface area contributed by atoms with Crippen LogP contribution in [0.25, 0.3) is 10.8 Å². The molecule has 4 aliphatic rings. The monoisotopic (exact) mass is 584 g/mol. The number of alkyl halides is 2. The number of nitrogens with zero attached hydrogens (tertiary/aromatic N) is 5. The minimum Gasteiger partial charge on any atom is -0.462 e. The summed E-state index contributed by atoms with van der Waals surface area (Å²) in [6.07, 6.45) is 0.103. The van der Waals surface area contributed by atoms with Crippen molar-refractivity contribution in [2.24, 2.45) is 0 Å². The molecule has 3 fully saturated rings. The molecule has 0 radical (unpaired) electrons. The van der Waals surface area contributed by atoms with Crippen LogP contribution in [-0.2, 0) is 13.0 Å². The molecule has 0 aliphatic carbocycles. The molecule has 0 saturated carbocycles. The second kappa shape index (κ2) is 10.5. The number of fused-ring (bicyclic) bond motifs is 4.